The van der Waals surface area contributed by atoms with Crippen molar-refractivity contribution >= 4 is 48.1 Å². The molecule has 2 aromatic rings. The van der Waals surface area contributed by atoms with Crippen molar-refractivity contribution in [3.05, 3.63) is 21.4 Å². The maximum atomic E-state index is 12.2. The van der Waals surface area contributed by atoms with E-state index in [-0.39, 0.29) is 16.1 Å². The molecule has 0 aliphatic carbocycles. The van der Waals surface area contributed by atoms with Crippen LogP contribution in [0.5, 0.6) is 0 Å². The molecule has 0 saturated carbocycles. The summed E-state index contributed by atoms with van der Waals surface area (Å²) in [5.41, 5.74) is -0.0864. The van der Waals surface area contributed by atoms with Crippen LogP contribution in [-0.4, -0.2) is 40.7 Å². The number of anilines is 1. The Balaban J connectivity index is 2.29. The number of halogens is 1. The van der Waals surface area contributed by atoms with E-state index in [1.54, 1.807) is 0 Å². The van der Waals surface area contributed by atoms with Gasteiger partial charge in [-0.2, -0.15) is 0 Å². The van der Waals surface area contributed by atoms with E-state index in [0.29, 0.717) is 5.13 Å². The second-order valence-electron chi connectivity index (χ2n) is 4.68. The molecule has 0 aliphatic rings. The Bertz CT molecular complexity index is 819. The molecule has 11 heteroatoms. The summed E-state index contributed by atoms with van der Waals surface area (Å²) >= 11 is 4.37. The summed E-state index contributed by atoms with van der Waals surface area (Å²) in [5, 5.41) is 11.1. The molecule has 0 aromatic carbocycles. The van der Waals surface area contributed by atoms with E-state index < -0.39 is 20.9 Å². The van der Waals surface area contributed by atoms with Crippen molar-refractivity contribution in [2.45, 2.75) is 24.9 Å². The lowest BCUT2D eigenvalue weighted by atomic mass is 10.2. The van der Waals surface area contributed by atoms with Crippen molar-refractivity contribution in [3.63, 3.8) is 0 Å². The number of rotatable bonds is 4. The average molecular weight is 406 g/mol. The van der Waals surface area contributed by atoms with Gasteiger partial charge < -0.3 is 0 Å². The van der Waals surface area contributed by atoms with Gasteiger partial charge in [0.2, 0.25) is 20.1 Å². The van der Waals surface area contributed by atoms with Gasteiger partial charge in [-0.15, -0.1) is 10.2 Å². The fourth-order valence-corrected chi connectivity index (χ4v) is 2.98. The van der Waals surface area contributed by atoms with E-state index in [1.807, 2.05) is 13.8 Å². The first kappa shape index (κ1) is 16.9. The number of nitrogens with zero attached hydrogens (tertiary/aromatic N) is 4. The molecule has 0 atom stereocenters. The molecule has 2 aromatic heterocycles. The summed E-state index contributed by atoms with van der Waals surface area (Å²) in [6.45, 7) is 3.93. The first-order chi connectivity index (χ1) is 10.2. The summed E-state index contributed by atoms with van der Waals surface area (Å²) in [7, 11) is -3.60. The quantitative estimate of drug-likeness (QED) is 0.771. The van der Waals surface area contributed by atoms with Crippen LogP contribution < -0.4 is 5.32 Å². The molecule has 118 valence electrons. The molecule has 2 rings (SSSR count). The number of hydrogen-bond donors (Lipinski definition) is 1. The van der Waals surface area contributed by atoms with Gasteiger partial charge in [-0.05, 0) is 15.9 Å². The highest BCUT2D eigenvalue weighted by atomic mass is 79.9. The molecule has 0 bridgehead atoms. The molecule has 0 aliphatic heterocycles. The maximum absolute atomic E-state index is 12.2. The average Bonchev–Trinajstić information content (AvgIpc) is 2.86. The summed E-state index contributed by atoms with van der Waals surface area (Å²) < 4.78 is 23.2. The standard InChI is InChI=1S/C11H12BrN5O3S2/c1-5(2)9-16-17-10(21-9)15-8(18)7-6(12)4-13-11(14-7)22(3,19)20/h4-5H,1-3H3,(H,15,17,18). The Kier molecular flexibility index (Phi) is 4.87. The molecule has 0 spiro atoms. The van der Waals surface area contributed by atoms with Crippen LogP contribution in [0.25, 0.3) is 0 Å². The van der Waals surface area contributed by atoms with Gasteiger partial charge in [0.05, 0.1) is 4.47 Å². The van der Waals surface area contributed by atoms with E-state index in [1.165, 1.54) is 17.5 Å². The molecule has 1 N–H and O–H groups in total. The van der Waals surface area contributed by atoms with Crippen molar-refractivity contribution in [1.82, 2.24) is 20.2 Å². The highest BCUT2D eigenvalue weighted by Crippen LogP contribution is 2.23. The normalized spacial score (nSPS) is 11.7. The van der Waals surface area contributed by atoms with Crippen LogP contribution in [0.1, 0.15) is 35.3 Å². The molecule has 0 unspecified atom stereocenters. The van der Waals surface area contributed by atoms with E-state index in [2.05, 4.69) is 41.4 Å². The molecule has 22 heavy (non-hydrogen) atoms. The van der Waals surface area contributed by atoms with Crippen molar-refractivity contribution in [2.24, 2.45) is 0 Å². The van der Waals surface area contributed by atoms with Crippen LogP contribution in [0.3, 0.4) is 0 Å². The summed E-state index contributed by atoms with van der Waals surface area (Å²) in [4.78, 5) is 19.7. The van der Waals surface area contributed by atoms with Crippen LogP contribution in [0, 0.1) is 0 Å². The zero-order chi connectivity index (χ0) is 16.5. The van der Waals surface area contributed by atoms with Gasteiger partial charge >= 0.3 is 0 Å². The molecule has 0 radical (unpaired) electrons. The molecule has 1 amide bonds. The minimum absolute atomic E-state index is 0.0864. The van der Waals surface area contributed by atoms with E-state index >= 15 is 0 Å². The summed E-state index contributed by atoms with van der Waals surface area (Å²) in [5.74, 6) is -0.392. The van der Waals surface area contributed by atoms with Gasteiger partial charge in [0.1, 0.15) is 10.7 Å². The zero-order valence-corrected chi connectivity index (χ0v) is 15.1. The summed E-state index contributed by atoms with van der Waals surface area (Å²) in [6, 6.07) is 0. The second-order valence-corrected chi connectivity index (χ2v) is 8.45. The molecule has 0 fully saturated rings. The minimum atomic E-state index is -3.60. The van der Waals surface area contributed by atoms with Gasteiger partial charge in [0, 0.05) is 18.4 Å². The molecular formula is C11H12BrN5O3S2. The van der Waals surface area contributed by atoms with Gasteiger partial charge in [-0.3, -0.25) is 10.1 Å². The lowest BCUT2D eigenvalue weighted by Gasteiger charge is -2.04. The fourth-order valence-electron chi connectivity index (χ4n) is 1.36. The predicted octanol–water partition coefficient (Wildman–Crippen LogP) is 1.87. The van der Waals surface area contributed by atoms with Gasteiger partial charge in [0.15, 0.2) is 0 Å². The first-order valence-electron chi connectivity index (χ1n) is 6.06. The van der Waals surface area contributed by atoms with Crippen molar-refractivity contribution in [3.8, 4) is 0 Å². The van der Waals surface area contributed by atoms with Crippen molar-refractivity contribution < 1.29 is 13.2 Å². The third-order valence-electron chi connectivity index (χ3n) is 2.42. The first-order valence-corrected chi connectivity index (χ1v) is 9.56. The Morgan fingerprint density at radius 1 is 1.36 bits per heavy atom. The maximum Gasteiger partial charge on any atom is 0.277 e. The third kappa shape index (κ3) is 3.84. The zero-order valence-electron chi connectivity index (χ0n) is 11.9. The molecule has 0 saturated heterocycles. The fraction of sp³-hybridized carbons (Fsp3) is 0.364. The van der Waals surface area contributed by atoms with Crippen molar-refractivity contribution in [1.29, 1.82) is 0 Å². The monoisotopic (exact) mass is 405 g/mol. The molecule has 8 nitrogen and oxygen atoms in total. The Hall–Kier alpha value is -1.46. The van der Waals surface area contributed by atoms with Crippen LogP contribution >= 0.6 is 27.3 Å². The molecule has 2 heterocycles. The number of aromatic nitrogens is 4. The van der Waals surface area contributed by atoms with Crippen LogP contribution in [0.2, 0.25) is 0 Å². The number of nitrogens with one attached hydrogen (secondary N) is 1. The highest BCUT2D eigenvalue weighted by Gasteiger charge is 2.20. The lowest BCUT2D eigenvalue weighted by Crippen LogP contribution is -2.17. The smallest absolute Gasteiger partial charge is 0.277 e. The third-order valence-corrected chi connectivity index (χ3v) is 5.00. The number of carbonyl (C=O) groups is 1. The number of amides is 1. The van der Waals surface area contributed by atoms with E-state index in [0.717, 1.165) is 11.3 Å². The van der Waals surface area contributed by atoms with Gasteiger partial charge in [0.25, 0.3) is 5.91 Å². The Morgan fingerprint density at radius 3 is 2.59 bits per heavy atom. The van der Waals surface area contributed by atoms with Gasteiger partial charge in [-0.1, -0.05) is 25.2 Å². The number of hydrogen-bond acceptors (Lipinski definition) is 8. The van der Waals surface area contributed by atoms with Crippen LogP contribution in [0.15, 0.2) is 15.8 Å². The van der Waals surface area contributed by atoms with E-state index in [4.69, 9.17) is 0 Å². The van der Waals surface area contributed by atoms with E-state index in [9.17, 15) is 13.2 Å². The summed E-state index contributed by atoms with van der Waals surface area (Å²) in [6.07, 6.45) is 2.19. The number of sulfone groups is 1. The second kappa shape index (κ2) is 6.34. The molecular weight excluding hydrogens is 394 g/mol. The van der Waals surface area contributed by atoms with Crippen LogP contribution in [0.4, 0.5) is 5.13 Å². The number of carbonyl (C=O) groups excluding carboxylic acids is 1. The SMILES string of the molecule is CC(C)c1nnc(NC(=O)c2nc(S(C)(=O)=O)ncc2Br)s1. The van der Waals surface area contributed by atoms with Crippen molar-refractivity contribution in [2.75, 3.05) is 11.6 Å². The lowest BCUT2D eigenvalue weighted by molar-refractivity contribution is 0.102. The largest absolute Gasteiger partial charge is 0.295 e. The topological polar surface area (TPSA) is 115 Å². The Labute approximate surface area is 139 Å². The minimum Gasteiger partial charge on any atom is -0.295 e. The highest BCUT2D eigenvalue weighted by molar-refractivity contribution is 9.10. The van der Waals surface area contributed by atoms with Crippen LogP contribution in [-0.2, 0) is 9.84 Å². The Morgan fingerprint density at radius 2 is 2.05 bits per heavy atom. The predicted molar refractivity (Wildman–Crippen MR) is 84.8 cm³/mol. The van der Waals surface area contributed by atoms with Gasteiger partial charge in [-0.25, -0.2) is 18.4 Å².